The Morgan fingerprint density at radius 2 is 1.41 bits per heavy atom. The van der Waals surface area contributed by atoms with E-state index in [1.165, 1.54) is 0 Å². The predicted molar refractivity (Wildman–Crippen MR) is 92.8 cm³/mol. The van der Waals surface area contributed by atoms with Gasteiger partial charge in [-0.1, -0.05) is 18.2 Å². The summed E-state index contributed by atoms with van der Waals surface area (Å²) in [5, 5.41) is 6.62. The summed E-state index contributed by atoms with van der Waals surface area (Å²) in [6.45, 7) is 1.97. The normalized spacial score (nSPS) is 10.2. The van der Waals surface area contributed by atoms with E-state index in [1.807, 2.05) is 67.6 Å². The molecule has 0 fully saturated rings. The third-order valence-electron chi connectivity index (χ3n) is 3.37. The van der Waals surface area contributed by atoms with E-state index in [0.29, 0.717) is 5.69 Å². The molecule has 0 saturated carbocycles. The average molecular weight is 290 g/mol. The van der Waals surface area contributed by atoms with Crippen LogP contribution < -0.4 is 16.4 Å². The number of anilines is 5. The summed E-state index contributed by atoms with van der Waals surface area (Å²) in [6, 6.07) is 20.1. The Labute approximate surface area is 130 Å². The van der Waals surface area contributed by atoms with Gasteiger partial charge in [0, 0.05) is 17.1 Å². The second-order valence-corrected chi connectivity index (χ2v) is 5.12. The van der Waals surface area contributed by atoms with Crippen LogP contribution in [0, 0.1) is 6.92 Å². The fourth-order valence-electron chi connectivity index (χ4n) is 2.11. The number of rotatable bonds is 4. The molecule has 0 radical (unpaired) electrons. The Kier molecular flexibility index (Phi) is 3.92. The second-order valence-electron chi connectivity index (χ2n) is 5.12. The first-order valence-corrected chi connectivity index (χ1v) is 7.12. The van der Waals surface area contributed by atoms with Gasteiger partial charge in [-0.05, 0) is 55.0 Å². The fourth-order valence-corrected chi connectivity index (χ4v) is 2.11. The molecule has 3 rings (SSSR count). The summed E-state index contributed by atoms with van der Waals surface area (Å²) in [5.74, 6) is 0.787. The van der Waals surface area contributed by atoms with Gasteiger partial charge in [0.2, 0.25) is 0 Å². The van der Waals surface area contributed by atoms with Crippen LogP contribution in [0.5, 0.6) is 0 Å². The summed E-state index contributed by atoms with van der Waals surface area (Å²) < 4.78 is 0. The largest absolute Gasteiger partial charge is 0.397 e. The minimum absolute atomic E-state index is 0.702. The van der Waals surface area contributed by atoms with E-state index in [0.717, 1.165) is 28.4 Å². The van der Waals surface area contributed by atoms with Gasteiger partial charge in [0.1, 0.15) is 5.82 Å². The molecule has 0 bridgehead atoms. The van der Waals surface area contributed by atoms with Gasteiger partial charge in [0.15, 0.2) is 0 Å². The van der Waals surface area contributed by atoms with Crippen LogP contribution in [0.15, 0.2) is 66.9 Å². The van der Waals surface area contributed by atoms with E-state index in [9.17, 15) is 0 Å². The minimum Gasteiger partial charge on any atom is -0.397 e. The number of hydrogen-bond acceptors (Lipinski definition) is 4. The molecule has 0 unspecified atom stereocenters. The molecular weight excluding hydrogens is 272 g/mol. The summed E-state index contributed by atoms with van der Waals surface area (Å²) >= 11 is 0. The average Bonchev–Trinajstić information content (AvgIpc) is 2.54. The Morgan fingerprint density at radius 1 is 0.818 bits per heavy atom. The molecule has 0 aliphatic rings. The number of nitrogens with zero attached hydrogens (tertiary/aromatic N) is 1. The highest BCUT2D eigenvalue weighted by molar-refractivity contribution is 5.65. The number of hydrogen-bond donors (Lipinski definition) is 3. The Balaban J connectivity index is 1.70. The maximum atomic E-state index is 5.78. The molecule has 4 nitrogen and oxygen atoms in total. The van der Waals surface area contributed by atoms with Gasteiger partial charge >= 0.3 is 0 Å². The topological polar surface area (TPSA) is 63.0 Å². The standard InChI is InChI=1S/C18H18N4/c1-13-11-18(20-12-17(13)19)22-16-9-7-15(8-10-16)21-14-5-3-2-4-6-14/h2-12,21H,19H2,1H3,(H,20,22). The molecule has 3 aromatic rings. The van der Waals surface area contributed by atoms with Crippen LogP contribution in [0.1, 0.15) is 5.56 Å². The number of aromatic nitrogens is 1. The lowest BCUT2D eigenvalue weighted by Gasteiger charge is -2.10. The van der Waals surface area contributed by atoms with E-state index in [1.54, 1.807) is 6.20 Å². The molecule has 0 spiro atoms. The molecule has 4 heteroatoms. The molecule has 22 heavy (non-hydrogen) atoms. The number of pyridine rings is 1. The summed E-state index contributed by atoms with van der Waals surface area (Å²) in [4.78, 5) is 4.27. The fraction of sp³-hybridized carbons (Fsp3) is 0.0556. The summed E-state index contributed by atoms with van der Waals surface area (Å²) in [5.41, 5.74) is 10.6. The smallest absolute Gasteiger partial charge is 0.130 e. The summed E-state index contributed by atoms with van der Waals surface area (Å²) in [6.07, 6.45) is 1.67. The first kappa shape index (κ1) is 13.9. The second kappa shape index (κ2) is 6.18. The van der Waals surface area contributed by atoms with E-state index in [4.69, 9.17) is 5.73 Å². The van der Waals surface area contributed by atoms with Crippen molar-refractivity contribution in [3.8, 4) is 0 Å². The van der Waals surface area contributed by atoms with E-state index in [2.05, 4.69) is 15.6 Å². The molecule has 4 N–H and O–H groups in total. The van der Waals surface area contributed by atoms with Gasteiger partial charge in [-0.2, -0.15) is 0 Å². The highest BCUT2D eigenvalue weighted by Gasteiger charge is 2.00. The lowest BCUT2D eigenvalue weighted by molar-refractivity contribution is 1.28. The molecular formula is C18H18N4. The molecule has 0 aliphatic carbocycles. The van der Waals surface area contributed by atoms with Gasteiger partial charge in [-0.15, -0.1) is 0 Å². The number of nitrogens with one attached hydrogen (secondary N) is 2. The number of nitrogen functional groups attached to an aromatic ring is 1. The third kappa shape index (κ3) is 3.35. The number of para-hydroxylation sites is 1. The van der Waals surface area contributed by atoms with Crippen LogP contribution in [0.25, 0.3) is 0 Å². The van der Waals surface area contributed by atoms with Crippen molar-refractivity contribution in [1.82, 2.24) is 4.98 Å². The van der Waals surface area contributed by atoms with Crippen molar-refractivity contribution in [2.75, 3.05) is 16.4 Å². The van der Waals surface area contributed by atoms with Crippen molar-refractivity contribution in [3.05, 3.63) is 72.4 Å². The van der Waals surface area contributed by atoms with Gasteiger partial charge < -0.3 is 16.4 Å². The van der Waals surface area contributed by atoms with E-state index < -0.39 is 0 Å². The van der Waals surface area contributed by atoms with Gasteiger partial charge in [-0.25, -0.2) is 4.98 Å². The first-order chi connectivity index (χ1) is 10.7. The molecule has 0 amide bonds. The van der Waals surface area contributed by atoms with Crippen molar-refractivity contribution in [2.45, 2.75) is 6.92 Å². The van der Waals surface area contributed by atoms with Crippen molar-refractivity contribution in [2.24, 2.45) is 0 Å². The quantitative estimate of drug-likeness (QED) is 0.664. The molecule has 2 aromatic carbocycles. The van der Waals surface area contributed by atoms with Crippen molar-refractivity contribution >= 4 is 28.6 Å². The number of aryl methyl sites for hydroxylation is 1. The molecule has 1 aromatic heterocycles. The zero-order valence-corrected chi connectivity index (χ0v) is 12.4. The highest BCUT2D eigenvalue weighted by Crippen LogP contribution is 2.22. The number of benzene rings is 2. The Morgan fingerprint density at radius 3 is 2.05 bits per heavy atom. The highest BCUT2D eigenvalue weighted by atomic mass is 15.0. The molecule has 0 aliphatic heterocycles. The lowest BCUT2D eigenvalue weighted by Crippen LogP contribution is -1.97. The van der Waals surface area contributed by atoms with Crippen LogP contribution in [0.2, 0.25) is 0 Å². The maximum Gasteiger partial charge on any atom is 0.130 e. The summed E-state index contributed by atoms with van der Waals surface area (Å²) in [7, 11) is 0. The Bertz CT molecular complexity index is 752. The van der Waals surface area contributed by atoms with Gasteiger partial charge in [0.05, 0.1) is 11.9 Å². The third-order valence-corrected chi connectivity index (χ3v) is 3.37. The van der Waals surface area contributed by atoms with Crippen LogP contribution in [-0.2, 0) is 0 Å². The van der Waals surface area contributed by atoms with Gasteiger partial charge in [-0.3, -0.25) is 0 Å². The molecule has 1 heterocycles. The Hall–Kier alpha value is -3.01. The maximum absolute atomic E-state index is 5.78. The van der Waals surface area contributed by atoms with Crippen LogP contribution in [0.4, 0.5) is 28.6 Å². The van der Waals surface area contributed by atoms with Crippen molar-refractivity contribution < 1.29 is 0 Å². The van der Waals surface area contributed by atoms with E-state index >= 15 is 0 Å². The van der Waals surface area contributed by atoms with E-state index in [-0.39, 0.29) is 0 Å². The SMILES string of the molecule is Cc1cc(Nc2ccc(Nc3ccccc3)cc2)ncc1N. The number of nitrogens with two attached hydrogens (primary N) is 1. The molecule has 0 atom stereocenters. The molecule has 110 valence electrons. The van der Waals surface area contributed by atoms with Crippen molar-refractivity contribution in [1.29, 1.82) is 0 Å². The van der Waals surface area contributed by atoms with Crippen LogP contribution in [0.3, 0.4) is 0 Å². The van der Waals surface area contributed by atoms with Crippen LogP contribution >= 0.6 is 0 Å². The van der Waals surface area contributed by atoms with Crippen molar-refractivity contribution in [3.63, 3.8) is 0 Å². The monoisotopic (exact) mass is 290 g/mol. The lowest BCUT2D eigenvalue weighted by atomic mass is 10.2. The predicted octanol–water partition coefficient (Wildman–Crippen LogP) is 4.46. The zero-order chi connectivity index (χ0) is 15.4. The van der Waals surface area contributed by atoms with Crippen LogP contribution in [-0.4, -0.2) is 4.98 Å². The minimum atomic E-state index is 0.702. The zero-order valence-electron chi connectivity index (χ0n) is 12.4. The van der Waals surface area contributed by atoms with Gasteiger partial charge in [0.25, 0.3) is 0 Å². The molecule has 0 saturated heterocycles. The first-order valence-electron chi connectivity index (χ1n) is 7.12.